The van der Waals surface area contributed by atoms with Gasteiger partial charge < -0.3 is 10.1 Å². The number of thiophene rings is 1. The topological polar surface area (TPSA) is 88.6 Å². The Hall–Kier alpha value is -1.53. The zero-order valence-corrected chi connectivity index (χ0v) is 19.5. The quantitative estimate of drug-likeness (QED) is 0.550. The van der Waals surface area contributed by atoms with Crippen molar-refractivity contribution >= 4 is 69.9 Å². The number of amides is 1. The minimum absolute atomic E-state index is 0.119. The van der Waals surface area contributed by atoms with Gasteiger partial charge in [0.1, 0.15) is 9.96 Å². The first-order valence-electron chi connectivity index (χ1n) is 8.88. The molecule has 0 saturated carbocycles. The van der Waals surface area contributed by atoms with E-state index in [1.165, 1.54) is 27.0 Å². The van der Waals surface area contributed by atoms with Crippen LogP contribution in [0.25, 0.3) is 10.2 Å². The van der Waals surface area contributed by atoms with Gasteiger partial charge in [-0.2, -0.15) is 4.31 Å². The molecule has 11 heteroatoms. The van der Waals surface area contributed by atoms with Gasteiger partial charge in [0.15, 0.2) is 5.13 Å². The smallest absolute Gasteiger partial charge is 0.252 e. The summed E-state index contributed by atoms with van der Waals surface area (Å²) in [6.45, 7) is 0.653. The first kappa shape index (κ1) is 20.7. The van der Waals surface area contributed by atoms with Crippen LogP contribution in [0.3, 0.4) is 0 Å². The van der Waals surface area contributed by atoms with E-state index in [4.69, 9.17) is 4.74 Å². The first-order chi connectivity index (χ1) is 13.9. The molecule has 1 aromatic carbocycles. The molecule has 7 nitrogen and oxygen atoms in total. The molecule has 0 unspecified atom stereocenters. The molecule has 2 aromatic heterocycles. The normalized spacial score (nSPS) is 16.2. The maximum absolute atomic E-state index is 12.7. The van der Waals surface area contributed by atoms with E-state index in [1.807, 2.05) is 18.2 Å². The number of sulfonamides is 1. The number of carbonyl (C=O) groups is 1. The van der Waals surface area contributed by atoms with E-state index in [1.54, 1.807) is 19.2 Å². The standard InChI is InChI=1S/C18H18BrN3O4S3/c1-26-12-2-3-13-14(10-12)27-18(20-13)21-17(23)11-6-8-22(9-7-11)29(24,25)16-5-4-15(19)28-16/h2-5,10-11H,6-9H2,1H3,(H,20,21,23). The van der Waals surface area contributed by atoms with E-state index < -0.39 is 10.0 Å². The van der Waals surface area contributed by atoms with Crippen LogP contribution in [0.4, 0.5) is 5.13 Å². The van der Waals surface area contributed by atoms with E-state index in [-0.39, 0.29) is 11.8 Å². The summed E-state index contributed by atoms with van der Waals surface area (Å²) >= 11 is 5.88. The number of fused-ring (bicyclic) bond motifs is 1. The molecule has 1 aliphatic heterocycles. The summed E-state index contributed by atoms with van der Waals surface area (Å²) in [4.78, 5) is 17.1. The van der Waals surface area contributed by atoms with Gasteiger partial charge >= 0.3 is 0 Å². The average Bonchev–Trinajstić information content (AvgIpc) is 3.33. The van der Waals surface area contributed by atoms with Crippen LogP contribution >= 0.6 is 38.6 Å². The number of anilines is 1. The van der Waals surface area contributed by atoms with Crippen LogP contribution in [0.2, 0.25) is 0 Å². The number of methoxy groups -OCH3 is 1. The minimum atomic E-state index is -3.51. The molecule has 1 N–H and O–H groups in total. The molecule has 29 heavy (non-hydrogen) atoms. The van der Waals surface area contributed by atoms with Crippen molar-refractivity contribution in [3.05, 3.63) is 34.1 Å². The molecule has 0 atom stereocenters. The third-order valence-electron chi connectivity index (χ3n) is 4.79. The third kappa shape index (κ3) is 4.33. The number of hydrogen-bond donors (Lipinski definition) is 1. The number of thiazole rings is 1. The summed E-state index contributed by atoms with van der Waals surface area (Å²) < 4.78 is 34.1. The number of halogens is 1. The van der Waals surface area contributed by atoms with Gasteiger partial charge in [-0.15, -0.1) is 11.3 Å². The number of benzene rings is 1. The van der Waals surface area contributed by atoms with Crippen molar-refractivity contribution in [2.24, 2.45) is 5.92 Å². The molecule has 0 radical (unpaired) electrons. The summed E-state index contributed by atoms with van der Waals surface area (Å²) in [5, 5.41) is 3.42. The van der Waals surface area contributed by atoms with E-state index in [0.717, 1.165) is 19.8 Å². The van der Waals surface area contributed by atoms with Crippen molar-refractivity contribution in [2.75, 3.05) is 25.5 Å². The zero-order chi connectivity index (χ0) is 20.6. The lowest BCUT2D eigenvalue weighted by Crippen LogP contribution is -2.41. The number of nitrogens with zero attached hydrogens (tertiary/aromatic N) is 2. The Morgan fingerprint density at radius 2 is 2.00 bits per heavy atom. The lowest BCUT2D eigenvalue weighted by molar-refractivity contribution is -0.120. The SMILES string of the molecule is COc1ccc2nc(NC(=O)C3CCN(S(=O)(=O)c4ccc(Br)s4)CC3)sc2c1. The summed E-state index contributed by atoms with van der Waals surface area (Å²) in [5.41, 5.74) is 0.800. The molecule has 1 fully saturated rings. The first-order valence-corrected chi connectivity index (χ1v) is 12.7. The van der Waals surface area contributed by atoms with Crippen molar-refractivity contribution < 1.29 is 17.9 Å². The largest absolute Gasteiger partial charge is 0.497 e. The number of rotatable bonds is 5. The van der Waals surface area contributed by atoms with E-state index in [2.05, 4.69) is 26.2 Å². The summed E-state index contributed by atoms with van der Waals surface area (Å²) in [5.74, 6) is 0.385. The van der Waals surface area contributed by atoms with Crippen LogP contribution in [-0.2, 0) is 14.8 Å². The maximum atomic E-state index is 12.7. The molecule has 1 aliphatic rings. The monoisotopic (exact) mass is 515 g/mol. The average molecular weight is 516 g/mol. The lowest BCUT2D eigenvalue weighted by atomic mass is 9.97. The fourth-order valence-corrected chi connectivity index (χ4v) is 7.75. The number of ether oxygens (including phenoxy) is 1. The van der Waals surface area contributed by atoms with Crippen LogP contribution in [0.5, 0.6) is 5.75 Å². The Morgan fingerprint density at radius 3 is 2.66 bits per heavy atom. The van der Waals surface area contributed by atoms with Crippen LogP contribution < -0.4 is 10.1 Å². The highest BCUT2D eigenvalue weighted by atomic mass is 79.9. The predicted molar refractivity (Wildman–Crippen MR) is 118 cm³/mol. The Bertz CT molecular complexity index is 1150. The van der Waals surface area contributed by atoms with Gasteiger partial charge in [0.05, 0.1) is 21.1 Å². The number of hydrogen-bond acceptors (Lipinski definition) is 7. The highest BCUT2D eigenvalue weighted by Gasteiger charge is 2.33. The van der Waals surface area contributed by atoms with Gasteiger partial charge in [0.25, 0.3) is 10.0 Å². The fourth-order valence-electron chi connectivity index (χ4n) is 3.21. The summed E-state index contributed by atoms with van der Waals surface area (Å²) in [6, 6.07) is 8.90. The summed E-state index contributed by atoms with van der Waals surface area (Å²) in [6.07, 6.45) is 0.965. The molecule has 154 valence electrons. The molecule has 1 saturated heterocycles. The van der Waals surface area contributed by atoms with E-state index >= 15 is 0 Å². The Kier molecular flexibility index (Phi) is 5.94. The van der Waals surface area contributed by atoms with Gasteiger partial charge in [-0.05, 0) is 59.1 Å². The Balaban J connectivity index is 1.39. The van der Waals surface area contributed by atoms with Crippen LogP contribution in [-0.4, -0.2) is 43.8 Å². The van der Waals surface area contributed by atoms with Gasteiger partial charge in [-0.1, -0.05) is 11.3 Å². The maximum Gasteiger partial charge on any atom is 0.252 e. The van der Waals surface area contributed by atoms with Crippen molar-refractivity contribution in [2.45, 2.75) is 17.1 Å². The fraction of sp³-hybridized carbons (Fsp3) is 0.333. The van der Waals surface area contributed by atoms with Crippen molar-refractivity contribution in [1.82, 2.24) is 9.29 Å². The van der Waals surface area contributed by atoms with Crippen LogP contribution in [0, 0.1) is 5.92 Å². The molecule has 0 spiro atoms. The van der Waals surface area contributed by atoms with Crippen molar-refractivity contribution in [3.8, 4) is 5.75 Å². The Morgan fingerprint density at radius 1 is 1.24 bits per heavy atom. The predicted octanol–water partition coefficient (Wildman–Crippen LogP) is 4.17. The molecule has 4 rings (SSSR count). The second kappa shape index (κ2) is 8.31. The van der Waals surface area contributed by atoms with Gasteiger partial charge in [0, 0.05) is 19.0 Å². The van der Waals surface area contributed by atoms with Crippen LogP contribution in [0.1, 0.15) is 12.8 Å². The molecular formula is C18H18BrN3O4S3. The highest BCUT2D eigenvalue weighted by molar-refractivity contribution is 9.11. The van der Waals surface area contributed by atoms with Gasteiger partial charge in [-0.3, -0.25) is 4.79 Å². The molecule has 1 amide bonds. The number of piperidine rings is 1. The van der Waals surface area contributed by atoms with Crippen LogP contribution in [0.15, 0.2) is 38.3 Å². The van der Waals surface area contributed by atoms with Crippen molar-refractivity contribution in [1.29, 1.82) is 0 Å². The molecule has 3 aromatic rings. The zero-order valence-electron chi connectivity index (χ0n) is 15.4. The van der Waals surface area contributed by atoms with Gasteiger partial charge in [0.2, 0.25) is 5.91 Å². The van der Waals surface area contributed by atoms with E-state index in [9.17, 15) is 13.2 Å². The highest BCUT2D eigenvalue weighted by Crippen LogP contribution is 2.32. The lowest BCUT2D eigenvalue weighted by Gasteiger charge is -2.29. The molecule has 0 aliphatic carbocycles. The second-order valence-electron chi connectivity index (χ2n) is 6.58. The van der Waals surface area contributed by atoms with E-state index in [0.29, 0.717) is 35.3 Å². The Labute approximate surface area is 184 Å². The van der Waals surface area contributed by atoms with Gasteiger partial charge in [-0.25, -0.2) is 13.4 Å². The third-order valence-corrected chi connectivity index (χ3v) is 9.72. The second-order valence-corrected chi connectivity index (χ2v) is 12.2. The molecule has 0 bridgehead atoms. The van der Waals surface area contributed by atoms with Crippen molar-refractivity contribution in [3.63, 3.8) is 0 Å². The molecular weight excluding hydrogens is 498 g/mol. The number of nitrogens with one attached hydrogen (secondary N) is 1. The minimum Gasteiger partial charge on any atom is -0.497 e. The molecule has 3 heterocycles. The number of carbonyl (C=O) groups excluding carboxylic acids is 1. The summed E-state index contributed by atoms with van der Waals surface area (Å²) in [7, 11) is -1.90. The number of aromatic nitrogens is 1.